The number of aromatic nitrogens is 1. The number of hydrogen-bond acceptors (Lipinski definition) is 4. The van der Waals surface area contributed by atoms with Gasteiger partial charge in [-0.3, -0.25) is 0 Å². The van der Waals surface area contributed by atoms with Crippen molar-refractivity contribution in [1.29, 1.82) is 0 Å². The van der Waals surface area contributed by atoms with Crippen LogP contribution in [0.5, 0.6) is 5.75 Å². The molecule has 0 saturated carbocycles. The Kier molecular flexibility index (Phi) is 1.52. The summed E-state index contributed by atoms with van der Waals surface area (Å²) in [4.78, 5) is 15.3. The molecule has 0 saturated heterocycles. The van der Waals surface area contributed by atoms with Crippen LogP contribution < -0.4 is 0 Å². The number of aryl methyl sites for hydroxylation is 1. The first-order valence-electron chi connectivity index (χ1n) is 4.01. The Bertz CT molecular complexity index is 387. The Morgan fingerprint density at radius 3 is 3.00 bits per heavy atom. The first-order chi connectivity index (χ1) is 6.09. The third-order valence-electron chi connectivity index (χ3n) is 2.10. The molecule has 0 radical (unpaired) electrons. The van der Waals surface area contributed by atoms with Crippen molar-refractivity contribution < 1.29 is 14.6 Å². The van der Waals surface area contributed by atoms with Crippen LogP contribution in [0.25, 0.3) is 0 Å². The summed E-state index contributed by atoms with van der Waals surface area (Å²) in [5.74, 6) is -0.380. The van der Waals surface area contributed by atoms with E-state index in [2.05, 4.69) is 4.98 Å². The molecule has 13 heavy (non-hydrogen) atoms. The number of carbonyl (C=O) groups is 1. The monoisotopic (exact) mass is 179 g/mol. The summed E-state index contributed by atoms with van der Waals surface area (Å²) >= 11 is 0. The van der Waals surface area contributed by atoms with Crippen molar-refractivity contribution in [2.75, 3.05) is 0 Å². The van der Waals surface area contributed by atoms with Gasteiger partial charge in [0.15, 0.2) is 0 Å². The van der Waals surface area contributed by atoms with Crippen LogP contribution in [0.4, 0.5) is 0 Å². The van der Waals surface area contributed by atoms with E-state index < -0.39 is 5.97 Å². The second kappa shape index (κ2) is 2.45. The van der Waals surface area contributed by atoms with E-state index in [1.165, 1.54) is 6.07 Å². The zero-order valence-electron chi connectivity index (χ0n) is 7.37. The maximum Gasteiger partial charge on any atom is 0.340 e. The molecule has 0 bridgehead atoms. The standard InChI is InChI=1S/C9H9NO3/c1-4-7(11)3-6-8(10-4)5(2)13-9(6)12/h3,5,11H,1-2H3/t5-/m1/s1. The van der Waals surface area contributed by atoms with Crippen LogP contribution in [-0.4, -0.2) is 16.1 Å². The van der Waals surface area contributed by atoms with E-state index in [0.29, 0.717) is 17.0 Å². The summed E-state index contributed by atoms with van der Waals surface area (Å²) < 4.78 is 4.93. The highest BCUT2D eigenvalue weighted by atomic mass is 16.5. The summed E-state index contributed by atoms with van der Waals surface area (Å²) in [5.41, 5.74) is 1.50. The van der Waals surface area contributed by atoms with E-state index in [-0.39, 0.29) is 11.9 Å². The minimum absolute atomic E-state index is 0.0322. The SMILES string of the molecule is Cc1nc2c(cc1O)C(=O)O[C@@H]2C. The van der Waals surface area contributed by atoms with E-state index in [4.69, 9.17) is 4.74 Å². The summed E-state index contributed by atoms with van der Waals surface area (Å²) in [6.07, 6.45) is -0.304. The van der Waals surface area contributed by atoms with Gasteiger partial charge in [0.1, 0.15) is 11.9 Å². The second-order valence-corrected chi connectivity index (χ2v) is 3.07. The van der Waals surface area contributed by atoms with E-state index in [0.717, 1.165) is 0 Å². The smallest absolute Gasteiger partial charge is 0.340 e. The van der Waals surface area contributed by atoms with Gasteiger partial charge < -0.3 is 9.84 Å². The molecule has 2 heterocycles. The van der Waals surface area contributed by atoms with Crippen molar-refractivity contribution in [3.8, 4) is 5.75 Å². The van der Waals surface area contributed by atoms with Gasteiger partial charge in [-0.15, -0.1) is 0 Å². The highest BCUT2D eigenvalue weighted by molar-refractivity contribution is 5.93. The van der Waals surface area contributed by atoms with Gasteiger partial charge in [-0.25, -0.2) is 9.78 Å². The summed E-state index contributed by atoms with van der Waals surface area (Å²) in [6, 6.07) is 1.41. The summed E-state index contributed by atoms with van der Waals surface area (Å²) in [7, 11) is 0. The number of fused-ring (bicyclic) bond motifs is 1. The van der Waals surface area contributed by atoms with Gasteiger partial charge in [0.2, 0.25) is 0 Å². The summed E-state index contributed by atoms with van der Waals surface area (Å²) in [6.45, 7) is 3.44. The zero-order valence-corrected chi connectivity index (χ0v) is 7.37. The molecule has 1 aromatic heterocycles. The molecular formula is C9H9NO3. The van der Waals surface area contributed by atoms with E-state index in [9.17, 15) is 9.90 Å². The molecule has 1 aromatic rings. The molecule has 0 spiro atoms. The fourth-order valence-electron chi connectivity index (χ4n) is 1.37. The number of hydrogen-bond donors (Lipinski definition) is 1. The number of rotatable bonds is 0. The number of carbonyl (C=O) groups excluding carboxylic acids is 1. The average molecular weight is 179 g/mol. The van der Waals surface area contributed by atoms with Gasteiger partial charge in [0, 0.05) is 0 Å². The maximum absolute atomic E-state index is 11.2. The molecule has 2 rings (SSSR count). The molecule has 1 atom stereocenters. The van der Waals surface area contributed by atoms with Crippen molar-refractivity contribution in [2.24, 2.45) is 0 Å². The van der Waals surface area contributed by atoms with Crippen LogP contribution in [-0.2, 0) is 4.74 Å². The topological polar surface area (TPSA) is 59.4 Å². The molecule has 0 amide bonds. The van der Waals surface area contributed by atoms with Crippen LogP contribution in [0.1, 0.15) is 34.8 Å². The Morgan fingerprint density at radius 1 is 1.62 bits per heavy atom. The molecule has 0 fully saturated rings. The lowest BCUT2D eigenvalue weighted by Crippen LogP contribution is -1.95. The molecule has 0 aliphatic carbocycles. The number of cyclic esters (lactones) is 1. The molecule has 1 aliphatic heterocycles. The van der Waals surface area contributed by atoms with Gasteiger partial charge in [0.05, 0.1) is 17.0 Å². The van der Waals surface area contributed by atoms with Crippen LogP contribution in [0.2, 0.25) is 0 Å². The summed E-state index contributed by atoms with van der Waals surface area (Å²) in [5, 5.41) is 9.32. The molecule has 1 N–H and O–H groups in total. The van der Waals surface area contributed by atoms with Crippen molar-refractivity contribution in [3.05, 3.63) is 23.0 Å². The largest absolute Gasteiger partial charge is 0.506 e. The molecular weight excluding hydrogens is 170 g/mol. The second-order valence-electron chi connectivity index (χ2n) is 3.07. The fourth-order valence-corrected chi connectivity index (χ4v) is 1.37. The first-order valence-corrected chi connectivity index (χ1v) is 4.01. The van der Waals surface area contributed by atoms with E-state index in [1.807, 2.05) is 0 Å². The normalized spacial score (nSPS) is 19.8. The number of esters is 1. The third kappa shape index (κ3) is 1.06. The molecule has 0 aromatic carbocycles. The number of nitrogens with zero attached hydrogens (tertiary/aromatic N) is 1. The van der Waals surface area contributed by atoms with Gasteiger partial charge in [-0.2, -0.15) is 0 Å². The zero-order chi connectivity index (χ0) is 9.59. The third-order valence-corrected chi connectivity index (χ3v) is 2.10. The van der Waals surface area contributed by atoms with Gasteiger partial charge >= 0.3 is 5.97 Å². The first kappa shape index (κ1) is 8.04. The van der Waals surface area contributed by atoms with Crippen LogP contribution in [0, 0.1) is 6.92 Å². The Morgan fingerprint density at radius 2 is 2.31 bits per heavy atom. The maximum atomic E-state index is 11.2. The molecule has 4 nitrogen and oxygen atoms in total. The van der Waals surface area contributed by atoms with Crippen LogP contribution >= 0.6 is 0 Å². The van der Waals surface area contributed by atoms with Crippen LogP contribution in [0.15, 0.2) is 6.07 Å². The van der Waals surface area contributed by atoms with Gasteiger partial charge in [-0.1, -0.05) is 0 Å². The highest BCUT2D eigenvalue weighted by Gasteiger charge is 2.30. The van der Waals surface area contributed by atoms with Crippen molar-refractivity contribution in [2.45, 2.75) is 20.0 Å². The minimum Gasteiger partial charge on any atom is -0.506 e. The Balaban J connectivity index is 2.65. The molecule has 1 aliphatic rings. The molecule has 4 heteroatoms. The molecule has 68 valence electrons. The van der Waals surface area contributed by atoms with Crippen molar-refractivity contribution in [1.82, 2.24) is 4.98 Å². The van der Waals surface area contributed by atoms with Gasteiger partial charge in [0.25, 0.3) is 0 Å². The number of pyridine rings is 1. The van der Waals surface area contributed by atoms with Gasteiger partial charge in [-0.05, 0) is 19.9 Å². The van der Waals surface area contributed by atoms with E-state index >= 15 is 0 Å². The van der Waals surface area contributed by atoms with Crippen molar-refractivity contribution in [3.63, 3.8) is 0 Å². The average Bonchev–Trinajstić information content (AvgIpc) is 2.31. The number of aromatic hydroxyl groups is 1. The lowest BCUT2D eigenvalue weighted by molar-refractivity contribution is 0.0417. The highest BCUT2D eigenvalue weighted by Crippen LogP contribution is 2.31. The molecule has 0 unspecified atom stereocenters. The van der Waals surface area contributed by atoms with E-state index in [1.54, 1.807) is 13.8 Å². The lowest BCUT2D eigenvalue weighted by Gasteiger charge is -2.02. The predicted molar refractivity (Wildman–Crippen MR) is 44.5 cm³/mol. The minimum atomic E-state index is -0.412. The fraction of sp³-hybridized carbons (Fsp3) is 0.333. The lowest BCUT2D eigenvalue weighted by atomic mass is 10.1. The quantitative estimate of drug-likeness (QED) is 0.610. The predicted octanol–water partition coefficient (Wildman–Crippen LogP) is 1.33. The van der Waals surface area contributed by atoms with Crippen molar-refractivity contribution >= 4 is 5.97 Å². The van der Waals surface area contributed by atoms with Crippen LogP contribution in [0.3, 0.4) is 0 Å². The number of ether oxygens (including phenoxy) is 1. The Hall–Kier alpha value is -1.58. The Labute approximate surface area is 75.2 Å².